The Morgan fingerprint density at radius 3 is 2.70 bits per heavy atom. The molecule has 0 unspecified atom stereocenters. The largest absolute Gasteiger partial charge is 0.497 e. The van der Waals surface area contributed by atoms with E-state index in [1.54, 1.807) is 26.1 Å². The summed E-state index contributed by atoms with van der Waals surface area (Å²) in [5.74, 6) is 1.57. The summed E-state index contributed by atoms with van der Waals surface area (Å²) in [7, 11) is 5.10. The number of hydrogen-bond acceptors (Lipinski definition) is 4. The quantitative estimate of drug-likeness (QED) is 0.787. The second-order valence-corrected chi connectivity index (χ2v) is 4.64. The van der Waals surface area contributed by atoms with Gasteiger partial charge in [0, 0.05) is 32.3 Å². The van der Waals surface area contributed by atoms with Gasteiger partial charge in [-0.3, -0.25) is 4.79 Å². The molecule has 0 bridgehead atoms. The van der Waals surface area contributed by atoms with Crippen LogP contribution < -0.4 is 14.8 Å². The van der Waals surface area contributed by atoms with Crippen molar-refractivity contribution in [2.75, 3.05) is 34.4 Å². The number of methoxy groups -OCH3 is 1. The summed E-state index contributed by atoms with van der Waals surface area (Å²) in [5, 5.41) is 3.26. The molecule has 0 aliphatic rings. The zero-order valence-corrected chi connectivity index (χ0v) is 12.7. The Labute approximate surface area is 120 Å². The molecule has 0 heterocycles. The fraction of sp³-hybridized carbons (Fsp3) is 0.533. The molecule has 0 aliphatic carbocycles. The van der Waals surface area contributed by atoms with Crippen LogP contribution in [0, 0.1) is 0 Å². The molecule has 0 saturated carbocycles. The van der Waals surface area contributed by atoms with Crippen molar-refractivity contribution in [3.8, 4) is 11.5 Å². The molecule has 0 saturated heterocycles. The number of carbonyl (C=O) groups is 1. The number of ether oxygens (including phenoxy) is 2. The fourth-order valence-electron chi connectivity index (χ4n) is 1.67. The maximum Gasteiger partial charge on any atom is 0.225 e. The molecule has 0 spiro atoms. The van der Waals surface area contributed by atoms with Crippen LogP contribution in [0.25, 0.3) is 0 Å². The van der Waals surface area contributed by atoms with Crippen LogP contribution in [-0.2, 0) is 11.3 Å². The molecule has 0 fully saturated rings. The molecule has 112 valence electrons. The zero-order valence-electron chi connectivity index (χ0n) is 12.7. The van der Waals surface area contributed by atoms with E-state index in [1.807, 2.05) is 18.2 Å². The zero-order chi connectivity index (χ0) is 15.0. The molecule has 5 nitrogen and oxygen atoms in total. The average Bonchev–Trinajstić information content (AvgIpc) is 2.45. The second kappa shape index (κ2) is 8.43. The first-order valence-corrected chi connectivity index (χ1v) is 6.79. The molecule has 1 rings (SSSR count). The number of rotatable bonds is 8. The molecular weight excluding hydrogens is 256 g/mol. The van der Waals surface area contributed by atoms with Crippen molar-refractivity contribution in [3.05, 3.63) is 23.8 Å². The molecule has 0 aromatic heterocycles. The number of hydrogen-bond donors (Lipinski definition) is 1. The summed E-state index contributed by atoms with van der Waals surface area (Å²) in [6.07, 6.45) is 0.366. The Morgan fingerprint density at radius 1 is 1.35 bits per heavy atom. The van der Waals surface area contributed by atoms with Gasteiger partial charge in [-0.2, -0.15) is 0 Å². The van der Waals surface area contributed by atoms with E-state index in [2.05, 4.69) is 12.2 Å². The minimum Gasteiger partial charge on any atom is -0.497 e. The summed E-state index contributed by atoms with van der Waals surface area (Å²) in [6, 6.07) is 5.74. The smallest absolute Gasteiger partial charge is 0.225 e. The molecule has 1 amide bonds. The van der Waals surface area contributed by atoms with Gasteiger partial charge in [-0.05, 0) is 12.6 Å². The third-order valence-corrected chi connectivity index (χ3v) is 2.91. The maximum absolute atomic E-state index is 11.5. The third kappa shape index (κ3) is 5.09. The summed E-state index contributed by atoms with van der Waals surface area (Å²) < 4.78 is 10.9. The number of nitrogens with zero attached hydrogens (tertiary/aromatic N) is 1. The van der Waals surface area contributed by atoms with Gasteiger partial charge in [0.25, 0.3) is 0 Å². The molecule has 1 aromatic rings. The normalized spacial score (nSPS) is 10.2. The van der Waals surface area contributed by atoms with Crippen LogP contribution >= 0.6 is 0 Å². The lowest BCUT2D eigenvalue weighted by molar-refractivity contribution is -0.129. The van der Waals surface area contributed by atoms with Gasteiger partial charge in [-0.15, -0.1) is 0 Å². The lowest BCUT2D eigenvalue weighted by Gasteiger charge is -2.14. The van der Waals surface area contributed by atoms with Crippen LogP contribution in [0.1, 0.15) is 18.9 Å². The van der Waals surface area contributed by atoms with Gasteiger partial charge >= 0.3 is 0 Å². The lowest BCUT2D eigenvalue weighted by atomic mass is 10.2. The second-order valence-electron chi connectivity index (χ2n) is 4.64. The van der Waals surface area contributed by atoms with Crippen LogP contribution in [0.2, 0.25) is 0 Å². The minimum atomic E-state index is 0.0566. The monoisotopic (exact) mass is 280 g/mol. The van der Waals surface area contributed by atoms with Gasteiger partial charge in [-0.1, -0.05) is 13.0 Å². The van der Waals surface area contributed by atoms with Gasteiger partial charge in [-0.25, -0.2) is 0 Å². The molecule has 1 aromatic carbocycles. The van der Waals surface area contributed by atoms with Crippen molar-refractivity contribution in [2.45, 2.75) is 19.9 Å². The van der Waals surface area contributed by atoms with E-state index in [4.69, 9.17) is 9.47 Å². The Bertz CT molecular complexity index is 433. The number of carbonyl (C=O) groups excluding carboxylic acids is 1. The summed E-state index contributed by atoms with van der Waals surface area (Å²) in [5.41, 5.74) is 1.06. The van der Waals surface area contributed by atoms with Gasteiger partial charge in [0.2, 0.25) is 5.91 Å². The lowest BCUT2D eigenvalue weighted by Crippen LogP contribution is -2.23. The van der Waals surface area contributed by atoms with Gasteiger partial charge in [0.15, 0.2) is 0 Å². The van der Waals surface area contributed by atoms with E-state index in [-0.39, 0.29) is 5.91 Å². The molecule has 5 heteroatoms. The summed E-state index contributed by atoms with van der Waals surface area (Å²) >= 11 is 0. The van der Waals surface area contributed by atoms with E-state index in [0.29, 0.717) is 13.0 Å². The predicted molar refractivity (Wildman–Crippen MR) is 79.2 cm³/mol. The molecule has 1 N–H and O–H groups in total. The van der Waals surface area contributed by atoms with Gasteiger partial charge < -0.3 is 19.7 Å². The van der Waals surface area contributed by atoms with Crippen LogP contribution in [0.15, 0.2) is 18.2 Å². The van der Waals surface area contributed by atoms with E-state index in [0.717, 1.165) is 30.2 Å². The van der Waals surface area contributed by atoms with Gasteiger partial charge in [0.05, 0.1) is 20.1 Å². The van der Waals surface area contributed by atoms with Crippen LogP contribution in [0.3, 0.4) is 0 Å². The topological polar surface area (TPSA) is 50.8 Å². The fourth-order valence-corrected chi connectivity index (χ4v) is 1.67. The SMILES string of the molecule is CCNCc1ccc(OC)cc1OCCC(=O)N(C)C. The Hall–Kier alpha value is -1.75. The van der Waals surface area contributed by atoms with Crippen molar-refractivity contribution in [2.24, 2.45) is 0 Å². The van der Waals surface area contributed by atoms with Crippen molar-refractivity contribution in [1.29, 1.82) is 0 Å². The van der Waals surface area contributed by atoms with Gasteiger partial charge in [0.1, 0.15) is 11.5 Å². The predicted octanol–water partition coefficient (Wildman–Crippen LogP) is 1.66. The average molecular weight is 280 g/mol. The highest BCUT2D eigenvalue weighted by Gasteiger charge is 2.08. The van der Waals surface area contributed by atoms with Crippen LogP contribution in [-0.4, -0.2) is 45.2 Å². The Kier molecular flexibility index (Phi) is 6.87. The molecule has 0 radical (unpaired) electrons. The van der Waals surface area contributed by atoms with E-state index in [9.17, 15) is 4.79 Å². The number of amides is 1. The first-order valence-electron chi connectivity index (χ1n) is 6.79. The molecule has 0 aliphatic heterocycles. The van der Waals surface area contributed by atoms with Crippen LogP contribution in [0.4, 0.5) is 0 Å². The highest BCUT2D eigenvalue weighted by atomic mass is 16.5. The van der Waals surface area contributed by atoms with Crippen molar-refractivity contribution >= 4 is 5.91 Å². The van der Waals surface area contributed by atoms with Crippen LogP contribution in [0.5, 0.6) is 11.5 Å². The summed E-state index contributed by atoms with van der Waals surface area (Å²) in [6.45, 7) is 4.05. The van der Waals surface area contributed by atoms with E-state index in [1.165, 1.54) is 0 Å². The van der Waals surface area contributed by atoms with E-state index < -0.39 is 0 Å². The number of nitrogens with one attached hydrogen (secondary N) is 1. The maximum atomic E-state index is 11.5. The Balaban J connectivity index is 2.67. The standard InChI is InChI=1S/C15H24N2O3/c1-5-16-11-12-6-7-13(19-4)10-14(12)20-9-8-15(18)17(2)3/h6-7,10,16H,5,8-9,11H2,1-4H3. The first-order chi connectivity index (χ1) is 9.58. The molecule has 0 atom stereocenters. The van der Waals surface area contributed by atoms with Crippen molar-refractivity contribution in [1.82, 2.24) is 10.2 Å². The highest BCUT2D eigenvalue weighted by molar-refractivity contribution is 5.75. The Morgan fingerprint density at radius 2 is 2.10 bits per heavy atom. The molecule has 20 heavy (non-hydrogen) atoms. The number of benzene rings is 1. The van der Waals surface area contributed by atoms with E-state index >= 15 is 0 Å². The first kappa shape index (κ1) is 16.3. The van der Waals surface area contributed by atoms with Crippen molar-refractivity contribution < 1.29 is 14.3 Å². The van der Waals surface area contributed by atoms with Crippen molar-refractivity contribution in [3.63, 3.8) is 0 Å². The third-order valence-electron chi connectivity index (χ3n) is 2.91. The minimum absolute atomic E-state index is 0.0566. The highest BCUT2D eigenvalue weighted by Crippen LogP contribution is 2.25. The molecular formula is C15H24N2O3. The summed E-state index contributed by atoms with van der Waals surface area (Å²) in [4.78, 5) is 13.1.